The van der Waals surface area contributed by atoms with Crippen LogP contribution in [0.3, 0.4) is 0 Å². The summed E-state index contributed by atoms with van der Waals surface area (Å²) in [5.74, 6) is 0.0128. The van der Waals surface area contributed by atoms with Crippen LogP contribution in [-0.2, 0) is 15.8 Å². The predicted molar refractivity (Wildman–Crippen MR) is 137 cm³/mol. The zero-order valence-corrected chi connectivity index (χ0v) is 21.1. The normalized spacial score (nSPS) is 11.1. The van der Waals surface area contributed by atoms with E-state index >= 15 is 0 Å². The molecule has 1 heterocycles. The monoisotopic (exact) mass is 525 g/mol. The van der Waals surface area contributed by atoms with Gasteiger partial charge in [0.1, 0.15) is 5.75 Å². The molecule has 1 aromatic heterocycles. The number of amides is 2. The van der Waals surface area contributed by atoms with E-state index < -0.39 is 21.9 Å². The quantitative estimate of drug-likeness (QED) is 0.327. The highest BCUT2D eigenvalue weighted by atomic mass is 32.2. The van der Waals surface area contributed by atoms with Gasteiger partial charge in [-0.25, -0.2) is 22.3 Å². The van der Waals surface area contributed by atoms with Crippen LogP contribution >= 0.6 is 0 Å². The number of nitrogens with zero attached hydrogens (tertiary/aromatic N) is 1. The molecule has 9 nitrogen and oxygen atoms in total. The highest BCUT2D eigenvalue weighted by molar-refractivity contribution is 7.89. The van der Waals surface area contributed by atoms with Crippen LogP contribution in [0.1, 0.15) is 11.1 Å². The topological polar surface area (TPSA) is 116 Å². The lowest BCUT2D eigenvalue weighted by molar-refractivity contribution is 0.256. The fourth-order valence-electron chi connectivity index (χ4n) is 3.63. The lowest BCUT2D eigenvalue weighted by Crippen LogP contribution is -2.35. The van der Waals surface area contributed by atoms with Gasteiger partial charge in [0.25, 0.3) is 0 Å². The van der Waals surface area contributed by atoms with Gasteiger partial charge in [-0.3, -0.25) is 4.98 Å². The Morgan fingerprint density at radius 1 is 0.946 bits per heavy atom. The number of benzene rings is 3. The Morgan fingerprint density at radius 2 is 1.68 bits per heavy atom. The van der Waals surface area contributed by atoms with Crippen LogP contribution in [0.25, 0.3) is 10.9 Å². The van der Waals surface area contributed by atoms with Crippen molar-refractivity contribution in [1.29, 1.82) is 0 Å². The highest BCUT2D eigenvalue weighted by Crippen LogP contribution is 2.37. The Labute approximate surface area is 213 Å². The van der Waals surface area contributed by atoms with Crippen molar-refractivity contribution in [3.63, 3.8) is 0 Å². The molecule has 0 saturated carbocycles. The average Bonchev–Trinajstić information content (AvgIpc) is 2.85. The molecular formula is C26H24FN3O6S. The van der Waals surface area contributed by atoms with E-state index in [4.69, 9.17) is 14.2 Å². The van der Waals surface area contributed by atoms with E-state index in [1.807, 2.05) is 4.72 Å². The first-order valence-electron chi connectivity index (χ1n) is 11.0. The third-order valence-electron chi connectivity index (χ3n) is 5.47. The standard InChI is InChI=1S/C26H24FN3O6S/c1-16-6-4-5-7-17(16)15-37(32,33)30-26(31)29-18-8-9-23(20(27)12-18)36-22-10-11-28-21-14-25(35-3)24(34-2)13-19(21)22/h4-14H,15H2,1-3H3,(H2,29,30,31). The zero-order valence-electron chi connectivity index (χ0n) is 20.2. The number of carbonyl (C=O) groups is 1. The number of methoxy groups -OCH3 is 2. The lowest BCUT2D eigenvalue weighted by Gasteiger charge is -2.13. The first kappa shape index (κ1) is 25.7. The molecule has 37 heavy (non-hydrogen) atoms. The molecule has 2 amide bonds. The molecule has 2 N–H and O–H groups in total. The van der Waals surface area contributed by atoms with Crippen molar-refractivity contribution in [3.05, 3.63) is 83.8 Å². The first-order chi connectivity index (χ1) is 17.7. The minimum Gasteiger partial charge on any atom is -0.493 e. The highest BCUT2D eigenvalue weighted by Gasteiger charge is 2.18. The number of rotatable bonds is 8. The summed E-state index contributed by atoms with van der Waals surface area (Å²) in [5.41, 5.74) is 1.94. The Hall–Kier alpha value is -4.38. The molecule has 0 atom stereocenters. The van der Waals surface area contributed by atoms with Gasteiger partial charge >= 0.3 is 6.03 Å². The van der Waals surface area contributed by atoms with Gasteiger partial charge in [-0.1, -0.05) is 24.3 Å². The van der Waals surface area contributed by atoms with Gasteiger partial charge in [-0.05, 0) is 42.3 Å². The van der Waals surface area contributed by atoms with Gasteiger partial charge in [0.15, 0.2) is 23.1 Å². The number of fused-ring (bicyclic) bond motifs is 1. The molecule has 11 heteroatoms. The molecule has 0 aliphatic rings. The van der Waals surface area contributed by atoms with Gasteiger partial charge in [-0.15, -0.1) is 0 Å². The molecule has 0 spiro atoms. The van der Waals surface area contributed by atoms with E-state index in [2.05, 4.69) is 10.3 Å². The summed E-state index contributed by atoms with van der Waals surface area (Å²) < 4.78 is 57.9. The van der Waals surface area contributed by atoms with Crippen LogP contribution in [0.15, 0.2) is 66.9 Å². The third-order valence-corrected chi connectivity index (χ3v) is 6.66. The van der Waals surface area contributed by atoms with Gasteiger partial charge in [0.2, 0.25) is 10.0 Å². The van der Waals surface area contributed by atoms with Crippen molar-refractivity contribution in [1.82, 2.24) is 9.71 Å². The number of halogens is 1. The molecule has 0 unspecified atom stereocenters. The Bertz CT molecular complexity index is 1580. The minimum atomic E-state index is -3.97. The zero-order chi connectivity index (χ0) is 26.6. The van der Waals surface area contributed by atoms with Crippen molar-refractivity contribution in [2.45, 2.75) is 12.7 Å². The SMILES string of the molecule is COc1cc2nccc(Oc3ccc(NC(=O)NS(=O)(=O)Cc4ccccc4C)cc3F)c2cc1OC. The number of sulfonamides is 1. The number of ether oxygens (including phenoxy) is 3. The van der Waals surface area contributed by atoms with E-state index in [-0.39, 0.29) is 17.2 Å². The second-order valence-electron chi connectivity index (χ2n) is 8.02. The van der Waals surface area contributed by atoms with E-state index in [1.54, 1.807) is 49.4 Å². The Kier molecular flexibility index (Phi) is 7.44. The molecule has 0 radical (unpaired) electrons. The van der Waals surface area contributed by atoms with Gasteiger partial charge < -0.3 is 19.5 Å². The fraction of sp³-hybridized carbons (Fsp3) is 0.154. The van der Waals surface area contributed by atoms with Crippen LogP contribution in [0, 0.1) is 12.7 Å². The largest absolute Gasteiger partial charge is 0.493 e. The smallest absolute Gasteiger partial charge is 0.332 e. The molecule has 4 rings (SSSR count). The van der Waals surface area contributed by atoms with E-state index in [0.29, 0.717) is 33.7 Å². The molecule has 0 aliphatic carbocycles. The summed E-state index contributed by atoms with van der Waals surface area (Å²) in [6, 6.07) is 14.6. The summed E-state index contributed by atoms with van der Waals surface area (Å²) >= 11 is 0. The molecule has 0 fully saturated rings. The van der Waals surface area contributed by atoms with Gasteiger partial charge in [-0.2, -0.15) is 0 Å². The summed E-state index contributed by atoms with van der Waals surface area (Å²) in [6.07, 6.45) is 1.51. The summed E-state index contributed by atoms with van der Waals surface area (Å²) in [6.45, 7) is 1.78. The predicted octanol–water partition coefficient (Wildman–Crippen LogP) is 5.14. The van der Waals surface area contributed by atoms with Crippen molar-refractivity contribution in [2.75, 3.05) is 19.5 Å². The van der Waals surface area contributed by atoms with Gasteiger partial charge in [0, 0.05) is 29.4 Å². The number of carbonyl (C=O) groups excluding carboxylic acids is 1. The number of anilines is 1. The van der Waals surface area contributed by atoms with E-state index in [1.165, 1.54) is 32.5 Å². The number of aromatic nitrogens is 1. The van der Waals surface area contributed by atoms with Crippen LogP contribution < -0.4 is 24.2 Å². The van der Waals surface area contributed by atoms with Crippen molar-refractivity contribution in [3.8, 4) is 23.0 Å². The van der Waals surface area contributed by atoms with E-state index in [0.717, 1.165) is 11.6 Å². The Morgan fingerprint density at radius 3 is 2.38 bits per heavy atom. The number of aryl methyl sites for hydroxylation is 1. The van der Waals surface area contributed by atoms with Crippen LogP contribution in [0.5, 0.6) is 23.0 Å². The summed E-state index contributed by atoms with van der Waals surface area (Å²) in [5, 5.41) is 2.89. The second kappa shape index (κ2) is 10.7. The molecule has 0 saturated heterocycles. The maximum atomic E-state index is 14.8. The van der Waals surface area contributed by atoms with E-state index in [9.17, 15) is 17.6 Å². The van der Waals surface area contributed by atoms with Crippen LogP contribution in [0.2, 0.25) is 0 Å². The maximum Gasteiger partial charge on any atom is 0.332 e. The number of hydrogen-bond acceptors (Lipinski definition) is 7. The number of pyridine rings is 1. The summed E-state index contributed by atoms with van der Waals surface area (Å²) in [7, 11) is -0.968. The molecule has 4 aromatic rings. The third kappa shape index (κ3) is 6.07. The molecule has 0 bridgehead atoms. The number of hydrogen-bond donors (Lipinski definition) is 2. The van der Waals surface area contributed by atoms with Crippen LogP contribution in [-0.4, -0.2) is 33.7 Å². The van der Waals surface area contributed by atoms with Crippen molar-refractivity contribution >= 4 is 32.6 Å². The van der Waals surface area contributed by atoms with Crippen LogP contribution in [0.4, 0.5) is 14.9 Å². The fourth-order valence-corrected chi connectivity index (χ4v) is 4.77. The minimum absolute atomic E-state index is 0.0411. The molecule has 0 aliphatic heterocycles. The lowest BCUT2D eigenvalue weighted by atomic mass is 10.1. The first-order valence-corrected chi connectivity index (χ1v) is 12.7. The number of urea groups is 1. The number of nitrogens with one attached hydrogen (secondary N) is 2. The van der Waals surface area contributed by atoms with Gasteiger partial charge in [0.05, 0.1) is 25.5 Å². The van der Waals surface area contributed by atoms with Crippen molar-refractivity contribution in [2.24, 2.45) is 0 Å². The second-order valence-corrected chi connectivity index (χ2v) is 9.74. The average molecular weight is 526 g/mol. The Balaban J connectivity index is 1.48. The summed E-state index contributed by atoms with van der Waals surface area (Å²) in [4.78, 5) is 16.5. The maximum absolute atomic E-state index is 14.8. The molecule has 192 valence electrons. The van der Waals surface area contributed by atoms with Crippen molar-refractivity contribution < 1.29 is 31.8 Å². The molecule has 3 aromatic carbocycles. The molecular weight excluding hydrogens is 501 g/mol.